The van der Waals surface area contributed by atoms with Gasteiger partial charge in [0, 0.05) is 34.3 Å². The van der Waals surface area contributed by atoms with Crippen molar-refractivity contribution in [1.29, 1.82) is 0 Å². The van der Waals surface area contributed by atoms with E-state index in [1.165, 1.54) is 0 Å². The van der Waals surface area contributed by atoms with Crippen LogP contribution in [0.5, 0.6) is 11.5 Å². The van der Waals surface area contributed by atoms with Gasteiger partial charge < -0.3 is 19.2 Å². The van der Waals surface area contributed by atoms with Gasteiger partial charge in [-0.3, -0.25) is 19.8 Å². The number of carbonyl (C=O) groups excluding carboxylic acids is 2. The third-order valence-electron chi connectivity index (χ3n) is 4.63. The van der Waals surface area contributed by atoms with Crippen LogP contribution in [0.2, 0.25) is 0 Å². The molecular weight excluding hydrogens is 458 g/mol. The van der Waals surface area contributed by atoms with Crippen LogP contribution >= 0.6 is 11.8 Å². The van der Waals surface area contributed by atoms with Gasteiger partial charge in [0.25, 0.3) is 5.91 Å². The summed E-state index contributed by atoms with van der Waals surface area (Å²) in [6.07, 6.45) is 3.45. The summed E-state index contributed by atoms with van der Waals surface area (Å²) in [7, 11) is 0. The normalized spacial score (nSPS) is 10.6. The van der Waals surface area contributed by atoms with Gasteiger partial charge in [-0.05, 0) is 60.3 Å². The lowest BCUT2D eigenvalue weighted by atomic mass is 10.2. The molecule has 2 aromatic carbocycles. The molecule has 0 aliphatic heterocycles. The number of fused-ring (bicyclic) bond motifs is 1. The van der Waals surface area contributed by atoms with Gasteiger partial charge in [-0.25, -0.2) is 5.48 Å². The fourth-order valence-electron chi connectivity index (χ4n) is 3.02. The molecule has 2 amide bonds. The van der Waals surface area contributed by atoms with E-state index in [0.29, 0.717) is 28.6 Å². The average molecular weight is 480 g/mol. The van der Waals surface area contributed by atoms with Gasteiger partial charge in [-0.2, -0.15) is 0 Å². The largest absolute Gasteiger partial charge is 0.492 e. The summed E-state index contributed by atoms with van der Waals surface area (Å²) in [5.41, 5.74) is 3.06. The number of rotatable bonds is 9. The Kier molecular flexibility index (Phi) is 7.63. The Labute approximate surface area is 199 Å². The van der Waals surface area contributed by atoms with Crippen LogP contribution in [0.25, 0.3) is 11.0 Å². The molecule has 34 heavy (non-hydrogen) atoms. The monoisotopic (exact) mass is 479 g/mol. The fraction of sp³-hybridized carbons (Fsp3) is 0.125. The molecule has 3 N–H and O–H groups in total. The van der Waals surface area contributed by atoms with Crippen LogP contribution in [0, 0.1) is 0 Å². The summed E-state index contributed by atoms with van der Waals surface area (Å²) in [5.74, 6) is 1.07. The molecule has 0 spiro atoms. The Morgan fingerprint density at radius 2 is 1.85 bits per heavy atom. The molecule has 0 atom stereocenters. The predicted molar refractivity (Wildman–Crippen MR) is 125 cm³/mol. The number of thioether (sulfide) groups is 1. The number of benzene rings is 2. The summed E-state index contributed by atoms with van der Waals surface area (Å²) in [4.78, 5) is 28.3. The van der Waals surface area contributed by atoms with Crippen molar-refractivity contribution in [1.82, 2.24) is 15.8 Å². The van der Waals surface area contributed by atoms with Crippen molar-refractivity contribution in [3.8, 4) is 11.5 Å². The molecule has 0 saturated heterocycles. The second-order valence-corrected chi connectivity index (χ2v) is 8.08. The number of hydrogen-bond donors (Lipinski definition) is 3. The molecule has 10 heteroatoms. The SMILES string of the molecule is O=C(NO)Sc1ccc(OCCNC(=O)c2cc3ccc(OCc4cccnc4)cc3o2)cc1. The molecule has 4 aromatic rings. The topological polar surface area (TPSA) is 123 Å². The zero-order chi connectivity index (χ0) is 23.8. The molecule has 2 heterocycles. The van der Waals surface area contributed by atoms with Gasteiger partial charge in [0.15, 0.2) is 5.76 Å². The summed E-state index contributed by atoms with van der Waals surface area (Å²) >= 11 is 0.853. The van der Waals surface area contributed by atoms with Crippen molar-refractivity contribution in [2.24, 2.45) is 0 Å². The van der Waals surface area contributed by atoms with Gasteiger partial charge in [0.2, 0.25) is 0 Å². The standard InChI is InChI=1S/C24H21N3O6S/c28-23(26-10-11-31-18-5-7-20(8-6-18)34-24(29)27-30)22-12-17-3-4-19(13-21(17)33-22)32-15-16-2-1-9-25-14-16/h1-9,12-14,30H,10-11,15H2,(H,26,28)(H,27,29). The minimum Gasteiger partial charge on any atom is -0.492 e. The molecular formula is C24H21N3O6S. The molecule has 0 radical (unpaired) electrons. The highest BCUT2D eigenvalue weighted by Crippen LogP contribution is 2.25. The van der Waals surface area contributed by atoms with E-state index in [9.17, 15) is 9.59 Å². The first-order chi connectivity index (χ1) is 16.6. The first kappa shape index (κ1) is 23.1. The molecule has 0 bridgehead atoms. The van der Waals surface area contributed by atoms with E-state index < -0.39 is 5.24 Å². The van der Waals surface area contributed by atoms with Gasteiger partial charge >= 0.3 is 5.24 Å². The van der Waals surface area contributed by atoms with Gasteiger partial charge in [-0.1, -0.05) is 6.07 Å². The maximum atomic E-state index is 12.4. The van der Waals surface area contributed by atoms with Crippen LogP contribution in [0.15, 0.2) is 82.4 Å². The van der Waals surface area contributed by atoms with E-state index >= 15 is 0 Å². The number of aromatic nitrogens is 1. The zero-order valence-corrected chi connectivity index (χ0v) is 18.7. The minimum atomic E-state index is -0.574. The number of amides is 2. The molecule has 0 fully saturated rings. The number of nitrogens with one attached hydrogen (secondary N) is 2. The molecule has 2 aromatic heterocycles. The molecule has 0 aliphatic rings. The lowest BCUT2D eigenvalue weighted by Crippen LogP contribution is -2.27. The number of hydroxylamine groups is 1. The van der Waals surface area contributed by atoms with Gasteiger partial charge in [0.05, 0.1) is 6.54 Å². The van der Waals surface area contributed by atoms with Crippen LogP contribution in [0.4, 0.5) is 4.79 Å². The molecule has 0 unspecified atom stereocenters. The zero-order valence-electron chi connectivity index (χ0n) is 17.9. The first-order valence-corrected chi connectivity index (χ1v) is 11.1. The van der Waals surface area contributed by atoms with Crippen molar-refractivity contribution in [2.45, 2.75) is 11.5 Å². The molecule has 0 saturated carbocycles. The van der Waals surface area contributed by atoms with Crippen LogP contribution in [0.3, 0.4) is 0 Å². The van der Waals surface area contributed by atoms with Crippen molar-refractivity contribution in [2.75, 3.05) is 13.2 Å². The van der Waals surface area contributed by atoms with E-state index in [4.69, 9.17) is 19.1 Å². The third-order valence-corrected chi connectivity index (χ3v) is 5.41. The quantitative estimate of drug-likeness (QED) is 0.140. The summed E-state index contributed by atoms with van der Waals surface area (Å²) < 4.78 is 17.1. The molecule has 4 rings (SSSR count). The average Bonchev–Trinajstić information content (AvgIpc) is 3.30. The Hall–Kier alpha value is -4.02. The number of pyridine rings is 1. The van der Waals surface area contributed by atoms with Crippen LogP contribution < -0.4 is 20.3 Å². The fourth-order valence-corrected chi connectivity index (χ4v) is 3.55. The minimum absolute atomic E-state index is 0.197. The van der Waals surface area contributed by atoms with Crippen molar-refractivity contribution < 1.29 is 28.7 Å². The van der Waals surface area contributed by atoms with Gasteiger partial charge in [-0.15, -0.1) is 0 Å². The Balaban J connectivity index is 1.25. The number of nitrogens with zero attached hydrogens (tertiary/aromatic N) is 1. The Morgan fingerprint density at radius 3 is 2.62 bits per heavy atom. The Bertz CT molecular complexity index is 1260. The van der Waals surface area contributed by atoms with Crippen LogP contribution in [-0.2, 0) is 6.61 Å². The van der Waals surface area contributed by atoms with Crippen molar-refractivity contribution >= 4 is 33.9 Å². The van der Waals surface area contributed by atoms with E-state index in [1.807, 2.05) is 24.3 Å². The van der Waals surface area contributed by atoms with Crippen molar-refractivity contribution in [3.63, 3.8) is 0 Å². The maximum absolute atomic E-state index is 12.4. The summed E-state index contributed by atoms with van der Waals surface area (Å²) in [5, 5.41) is 11.5. The smallest absolute Gasteiger partial charge is 0.307 e. The maximum Gasteiger partial charge on any atom is 0.307 e. The summed E-state index contributed by atoms with van der Waals surface area (Å²) in [6.45, 7) is 0.910. The van der Waals surface area contributed by atoms with Crippen LogP contribution in [-0.4, -0.2) is 34.5 Å². The first-order valence-electron chi connectivity index (χ1n) is 10.3. The summed E-state index contributed by atoms with van der Waals surface area (Å²) in [6, 6.07) is 17.6. The van der Waals surface area contributed by atoms with E-state index in [1.54, 1.807) is 54.3 Å². The third kappa shape index (κ3) is 6.27. The molecule has 0 aliphatic carbocycles. The second kappa shape index (κ2) is 11.2. The highest BCUT2D eigenvalue weighted by atomic mass is 32.2. The second-order valence-electron chi connectivity index (χ2n) is 7.04. The highest BCUT2D eigenvalue weighted by molar-refractivity contribution is 8.13. The molecule has 9 nitrogen and oxygen atoms in total. The number of ether oxygens (including phenoxy) is 2. The number of furan rings is 1. The van der Waals surface area contributed by atoms with E-state index in [2.05, 4.69) is 10.3 Å². The van der Waals surface area contributed by atoms with E-state index in [-0.39, 0.29) is 24.8 Å². The highest BCUT2D eigenvalue weighted by Gasteiger charge is 2.13. The Morgan fingerprint density at radius 1 is 1.03 bits per heavy atom. The van der Waals surface area contributed by atoms with Gasteiger partial charge in [0.1, 0.15) is 30.3 Å². The number of carbonyl (C=O) groups is 2. The number of hydrogen-bond acceptors (Lipinski definition) is 8. The lowest BCUT2D eigenvalue weighted by Gasteiger charge is -2.07. The van der Waals surface area contributed by atoms with Crippen LogP contribution in [0.1, 0.15) is 16.1 Å². The predicted octanol–water partition coefficient (Wildman–Crippen LogP) is 4.41. The van der Waals surface area contributed by atoms with Crippen molar-refractivity contribution in [3.05, 3.63) is 84.4 Å². The molecule has 174 valence electrons. The van der Waals surface area contributed by atoms with E-state index in [0.717, 1.165) is 22.7 Å². The lowest BCUT2D eigenvalue weighted by molar-refractivity contribution is 0.0921.